The molecule has 0 atom stereocenters. The zero-order chi connectivity index (χ0) is 20.6. The van der Waals surface area contributed by atoms with E-state index in [1.807, 2.05) is 4.90 Å². The van der Waals surface area contributed by atoms with Crippen LogP contribution in [-0.4, -0.2) is 37.2 Å². The number of fused-ring (bicyclic) bond motifs is 1. The Morgan fingerprint density at radius 1 is 1.28 bits per heavy atom. The van der Waals surface area contributed by atoms with Gasteiger partial charge in [-0.15, -0.1) is 0 Å². The van der Waals surface area contributed by atoms with E-state index in [1.165, 1.54) is 6.07 Å². The van der Waals surface area contributed by atoms with Gasteiger partial charge in [0, 0.05) is 12.7 Å². The first-order chi connectivity index (χ1) is 13.8. The van der Waals surface area contributed by atoms with Crippen molar-refractivity contribution in [2.24, 2.45) is 10.7 Å². The molecule has 3 aromatic rings. The minimum absolute atomic E-state index is 0.222. The summed E-state index contributed by atoms with van der Waals surface area (Å²) < 4.78 is 40.2. The van der Waals surface area contributed by atoms with Crippen molar-refractivity contribution < 1.29 is 13.2 Å². The maximum Gasteiger partial charge on any atom is 0.416 e. The van der Waals surface area contributed by atoms with Gasteiger partial charge in [-0.1, -0.05) is 19.1 Å². The maximum atomic E-state index is 12.9. The minimum atomic E-state index is -4.37. The summed E-state index contributed by atoms with van der Waals surface area (Å²) in [5.74, 6) is 1.59. The smallest absolute Gasteiger partial charge is 0.369 e. The molecule has 3 heterocycles. The summed E-state index contributed by atoms with van der Waals surface area (Å²) in [4.78, 5) is 14.0. The maximum absolute atomic E-state index is 12.9. The van der Waals surface area contributed by atoms with Gasteiger partial charge < -0.3 is 15.6 Å². The molecule has 10 heteroatoms. The Morgan fingerprint density at radius 2 is 2.10 bits per heavy atom. The average Bonchev–Trinajstić information content (AvgIpc) is 3.28. The summed E-state index contributed by atoms with van der Waals surface area (Å²) in [6, 6.07) is 5.22. The largest absolute Gasteiger partial charge is 0.416 e. The van der Waals surface area contributed by atoms with Crippen LogP contribution in [0.15, 0.2) is 41.7 Å². The molecule has 1 aliphatic rings. The van der Waals surface area contributed by atoms with Gasteiger partial charge in [0.2, 0.25) is 0 Å². The number of imidazole rings is 1. The molecule has 0 fully saturated rings. The van der Waals surface area contributed by atoms with Gasteiger partial charge in [0.1, 0.15) is 5.82 Å². The van der Waals surface area contributed by atoms with E-state index in [2.05, 4.69) is 27.0 Å². The molecular formula is C19H20F3N7. The number of hydrogen-bond donors (Lipinski definition) is 2. The van der Waals surface area contributed by atoms with Crippen LogP contribution in [-0.2, 0) is 19.3 Å². The lowest BCUT2D eigenvalue weighted by atomic mass is 10.1. The van der Waals surface area contributed by atoms with E-state index in [4.69, 9.17) is 5.73 Å². The van der Waals surface area contributed by atoms with E-state index < -0.39 is 11.7 Å². The van der Waals surface area contributed by atoms with Crippen molar-refractivity contribution in [1.29, 1.82) is 0 Å². The van der Waals surface area contributed by atoms with Gasteiger partial charge in [-0.05, 0) is 24.1 Å². The molecule has 0 bridgehead atoms. The van der Waals surface area contributed by atoms with Crippen LogP contribution in [0, 0.1) is 0 Å². The van der Waals surface area contributed by atoms with Crippen LogP contribution in [0.2, 0.25) is 0 Å². The predicted molar refractivity (Wildman–Crippen MR) is 102 cm³/mol. The number of benzene rings is 1. The first-order valence-electron chi connectivity index (χ1n) is 9.20. The fourth-order valence-electron chi connectivity index (χ4n) is 3.26. The molecule has 0 saturated carbocycles. The third kappa shape index (κ3) is 3.96. The van der Waals surface area contributed by atoms with Crippen molar-refractivity contribution in [3.8, 4) is 11.4 Å². The van der Waals surface area contributed by atoms with Gasteiger partial charge in [-0.25, -0.2) is 4.98 Å². The zero-order valence-electron chi connectivity index (χ0n) is 15.7. The van der Waals surface area contributed by atoms with Crippen LogP contribution < -0.4 is 5.73 Å². The summed E-state index contributed by atoms with van der Waals surface area (Å²) in [6.45, 7) is 3.70. The molecule has 7 nitrogen and oxygen atoms in total. The second kappa shape index (κ2) is 7.26. The van der Waals surface area contributed by atoms with E-state index >= 15 is 0 Å². The Bertz CT molecular complexity index is 1050. The Hall–Kier alpha value is -3.30. The molecule has 0 saturated heterocycles. The van der Waals surface area contributed by atoms with Crippen LogP contribution in [0.5, 0.6) is 0 Å². The van der Waals surface area contributed by atoms with Crippen LogP contribution in [0.1, 0.15) is 30.2 Å². The Kier molecular flexibility index (Phi) is 4.77. The van der Waals surface area contributed by atoms with Gasteiger partial charge in [0.25, 0.3) is 0 Å². The highest BCUT2D eigenvalue weighted by Crippen LogP contribution is 2.30. The number of nitrogens with one attached hydrogen (secondary N) is 1. The second-order valence-corrected chi connectivity index (χ2v) is 6.90. The van der Waals surface area contributed by atoms with Crippen LogP contribution >= 0.6 is 0 Å². The lowest BCUT2D eigenvalue weighted by Gasteiger charge is -2.25. The van der Waals surface area contributed by atoms with Gasteiger partial charge in [0.15, 0.2) is 11.8 Å². The Labute approximate surface area is 165 Å². The third-order valence-corrected chi connectivity index (χ3v) is 4.65. The fourth-order valence-corrected chi connectivity index (χ4v) is 3.26. The summed E-state index contributed by atoms with van der Waals surface area (Å²) in [5, 5.41) is 4.25. The normalized spacial score (nSPS) is 14.1. The molecule has 0 unspecified atom stereocenters. The Balaban J connectivity index is 1.53. The first kappa shape index (κ1) is 19.0. The molecule has 1 aliphatic heterocycles. The van der Waals surface area contributed by atoms with E-state index in [9.17, 15) is 13.2 Å². The quantitative estimate of drug-likeness (QED) is 0.682. The van der Waals surface area contributed by atoms with Crippen molar-refractivity contribution in [3.05, 3.63) is 53.5 Å². The number of halogens is 3. The molecule has 2 aromatic heterocycles. The first-order valence-corrected chi connectivity index (χ1v) is 9.20. The summed E-state index contributed by atoms with van der Waals surface area (Å²) >= 11 is 0. The lowest BCUT2D eigenvalue weighted by Crippen LogP contribution is -2.39. The highest BCUT2D eigenvalue weighted by molar-refractivity contribution is 5.82. The lowest BCUT2D eigenvalue weighted by molar-refractivity contribution is -0.137. The monoisotopic (exact) mass is 403 g/mol. The fraction of sp³-hybridized carbons (Fsp3) is 0.316. The molecule has 152 valence electrons. The number of nitrogens with two attached hydrogens (primary N) is 1. The number of H-pyrrole nitrogens is 1. The molecule has 0 spiro atoms. The van der Waals surface area contributed by atoms with Gasteiger partial charge >= 0.3 is 6.18 Å². The van der Waals surface area contributed by atoms with Gasteiger partial charge in [-0.2, -0.15) is 23.3 Å². The topological polar surface area (TPSA) is 88.1 Å². The summed E-state index contributed by atoms with van der Waals surface area (Å²) in [5.41, 5.74) is 7.42. The molecule has 3 N–H and O–H groups in total. The molecule has 29 heavy (non-hydrogen) atoms. The Morgan fingerprint density at radius 3 is 2.86 bits per heavy atom. The van der Waals surface area contributed by atoms with Crippen LogP contribution in [0.25, 0.3) is 11.4 Å². The summed E-state index contributed by atoms with van der Waals surface area (Å²) in [7, 11) is 0. The van der Waals surface area contributed by atoms with Crippen molar-refractivity contribution in [1.82, 2.24) is 24.6 Å². The number of aliphatic imine (C=N–C) groups is 1. The number of hydrogen-bond acceptors (Lipinski definition) is 5. The number of rotatable bonds is 5. The zero-order valence-corrected chi connectivity index (χ0v) is 15.7. The number of aromatic nitrogens is 4. The molecular weight excluding hydrogens is 383 g/mol. The molecule has 0 aliphatic carbocycles. The number of guanidine groups is 1. The minimum Gasteiger partial charge on any atom is -0.369 e. The van der Waals surface area contributed by atoms with Crippen molar-refractivity contribution in [3.63, 3.8) is 0 Å². The van der Waals surface area contributed by atoms with E-state index in [-0.39, 0.29) is 6.54 Å². The molecule has 0 radical (unpaired) electrons. The molecule has 0 amide bonds. The van der Waals surface area contributed by atoms with E-state index in [1.54, 1.807) is 23.1 Å². The van der Waals surface area contributed by atoms with E-state index in [0.29, 0.717) is 29.7 Å². The van der Waals surface area contributed by atoms with Crippen molar-refractivity contribution in [2.75, 3.05) is 6.54 Å². The van der Waals surface area contributed by atoms with Crippen LogP contribution in [0.4, 0.5) is 19.0 Å². The molecule has 4 rings (SSSR count). The number of nitrogens with zero attached hydrogens (tertiary/aromatic N) is 5. The standard InChI is InChI=1S/C19H20F3N7/c1-2-6-28-11-15-17(27-18(28)23)26-16(25-15)13-8-24-29(10-13)9-12-4-3-5-14(7-12)19(20,21)22/h3-5,7-8,10H,2,6,9,11H2,1H3,(H2,23,27)(H,25,26). The SMILES string of the molecule is CCCN1Cc2[nH]c(-c3cnn(Cc4cccc(C(F)(F)F)c4)c3)nc2N=C1N. The highest BCUT2D eigenvalue weighted by Gasteiger charge is 2.30. The van der Waals surface area contributed by atoms with Gasteiger partial charge in [0.05, 0.1) is 36.1 Å². The van der Waals surface area contributed by atoms with Crippen molar-refractivity contribution in [2.45, 2.75) is 32.6 Å². The highest BCUT2D eigenvalue weighted by atomic mass is 19.4. The average molecular weight is 403 g/mol. The predicted octanol–water partition coefficient (Wildman–Crippen LogP) is 3.51. The third-order valence-electron chi connectivity index (χ3n) is 4.65. The number of aromatic amines is 1. The van der Waals surface area contributed by atoms with E-state index in [0.717, 1.165) is 36.4 Å². The summed E-state index contributed by atoms with van der Waals surface area (Å²) in [6.07, 6.45) is -0.0579. The molecule has 1 aromatic carbocycles. The second-order valence-electron chi connectivity index (χ2n) is 6.90. The van der Waals surface area contributed by atoms with Crippen molar-refractivity contribution >= 4 is 11.8 Å². The number of alkyl halides is 3. The van der Waals surface area contributed by atoms with Gasteiger partial charge in [-0.3, -0.25) is 4.68 Å². The van der Waals surface area contributed by atoms with Crippen LogP contribution in [0.3, 0.4) is 0 Å².